The average molecular weight is 425 g/mol. The number of rotatable bonds is 7. The molecule has 0 saturated carbocycles. The number of carbonyl (C=O) groups is 1. The van der Waals surface area contributed by atoms with E-state index in [1.165, 1.54) is 11.9 Å². The number of amides is 1. The molecule has 0 fully saturated rings. The molecular weight excluding hydrogens is 400 g/mol. The van der Waals surface area contributed by atoms with Crippen LogP contribution in [-0.2, 0) is 6.42 Å². The third-order valence-corrected chi connectivity index (χ3v) is 5.01. The molecule has 0 aliphatic rings. The van der Waals surface area contributed by atoms with E-state index >= 15 is 0 Å². The molecule has 4 aromatic rings. The molecule has 7 heteroatoms. The molecule has 0 radical (unpaired) electrons. The predicted molar refractivity (Wildman–Crippen MR) is 126 cm³/mol. The Kier molecular flexibility index (Phi) is 6.46. The van der Waals surface area contributed by atoms with Gasteiger partial charge in [0.2, 0.25) is 5.95 Å². The lowest BCUT2D eigenvalue weighted by Gasteiger charge is -2.12. The van der Waals surface area contributed by atoms with Crippen LogP contribution in [0, 0.1) is 6.92 Å². The van der Waals surface area contributed by atoms with Crippen molar-refractivity contribution in [2.24, 2.45) is 0 Å². The molecule has 0 aliphatic carbocycles. The minimum Gasteiger partial charge on any atom is -0.324 e. The average Bonchev–Trinajstić information content (AvgIpc) is 2.83. The van der Waals surface area contributed by atoms with Crippen molar-refractivity contribution in [3.05, 3.63) is 90.1 Å². The summed E-state index contributed by atoms with van der Waals surface area (Å²) in [5, 5.41) is 6.21. The first-order valence-corrected chi connectivity index (χ1v) is 10.5. The third-order valence-electron chi connectivity index (χ3n) is 5.01. The first kappa shape index (κ1) is 21.1. The fourth-order valence-electron chi connectivity index (χ4n) is 3.28. The molecule has 0 unspecified atom stereocenters. The minimum absolute atomic E-state index is 0.148. The van der Waals surface area contributed by atoms with Gasteiger partial charge >= 0.3 is 0 Å². The number of aryl methyl sites for hydroxylation is 2. The Morgan fingerprint density at radius 1 is 1.00 bits per heavy atom. The fraction of sp³-hybridized carbons (Fsp3) is 0.160. The maximum absolute atomic E-state index is 12.7. The second-order valence-electron chi connectivity index (χ2n) is 7.45. The van der Waals surface area contributed by atoms with Crippen molar-refractivity contribution < 1.29 is 4.79 Å². The number of hydrogen-bond donors (Lipinski definition) is 2. The number of nitrogens with zero attached hydrogens (tertiary/aromatic N) is 4. The molecule has 1 amide bonds. The fourth-order valence-corrected chi connectivity index (χ4v) is 3.28. The van der Waals surface area contributed by atoms with Gasteiger partial charge < -0.3 is 10.6 Å². The third kappa shape index (κ3) is 5.13. The standard InChI is InChI=1S/C25H24N6O/c1-3-4-18-6-8-19(9-7-18)24(32)29-21-10-5-17(2)23(13-21)31-25-28-12-11-22(30-25)20-14-26-16-27-15-20/h5-16H,3-4H2,1-2H3,(H,29,32)(H,28,30,31). The summed E-state index contributed by atoms with van der Waals surface area (Å²) >= 11 is 0. The van der Waals surface area contributed by atoms with Crippen molar-refractivity contribution in [2.75, 3.05) is 10.6 Å². The van der Waals surface area contributed by atoms with Gasteiger partial charge in [0.15, 0.2) is 0 Å². The lowest BCUT2D eigenvalue weighted by Crippen LogP contribution is -2.12. The number of benzene rings is 2. The van der Waals surface area contributed by atoms with E-state index in [0.29, 0.717) is 17.2 Å². The SMILES string of the molecule is CCCc1ccc(C(=O)Nc2ccc(C)c(Nc3nccc(-c4cncnc4)n3)c2)cc1. The highest BCUT2D eigenvalue weighted by atomic mass is 16.1. The number of aromatic nitrogens is 4. The molecule has 0 aliphatic heterocycles. The van der Waals surface area contributed by atoms with Gasteiger partial charge in [-0.2, -0.15) is 0 Å². The highest BCUT2D eigenvalue weighted by Crippen LogP contribution is 2.24. The van der Waals surface area contributed by atoms with Gasteiger partial charge in [-0.15, -0.1) is 0 Å². The Morgan fingerprint density at radius 2 is 1.78 bits per heavy atom. The van der Waals surface area contributed by atoms with Crippen LogP contribution in [0.5, 0.6) is 0 Å². The summed E-state index contributed by atoms with van der Waals surface area (Å²) in [7, 11) is 0. The second-order valence-corrected chi connectivity index (χ2v) is 7.45. The Bertz CT molecular complexity index is 1210. The van der Waals surface area contributed by atoms with Crippen molar-refractivity contribution in [2.45, 2.75) is 26.7 Å². The van der Waals surface area contributed by atoms with Crippen molar-refractivity contribution in [1.29, 1.82) is 0 Å². The van der Waals surface area contributed by atoms with Crippen LogP contribution < -0.4 is 10.6 Å². The van der Waals surface area contributed by atoms with Crippen molar-refractivity contribution >= 4 is 23.2 Å². The number of hydrogen-bond acceptors (Lipinski definition) is 6. The highest BCUT2D eigenvalue weighted by Gasteiger charge is 2.09. The van der Waals surface area contributed by atoms with Crippen LogP contribution in [0.4, 0.5) is 17.3 Å². The van der Waals surface area contributed by atoms with Gasteiger partial charge in [-0.05, 0) is 54.8 Å². The summed E-state index contributed by atoms with van der Waals surface area (Å²) in [5.41, 5.74) is 5.88. The number of carbonyl (C=O) groups excluding carboxylic acids is 1. The summed E-state index contributed by atoms with van der Waals surface area (Å²) in [6, 6.07) is 15.2. The maximum Gasteiger partial charge on any atom is 0.255 e. The van der Waals surface area contributed by atoms with Gasteiger partial charge in [-0.1, -0.05) is 31.5 Å². The Balaban J connectivity index is 1.50. The van der Waals surface area contributed by atoms with E-state index in [9.17, 15) is 4.79 Å². The smallest absolute Gasteiger partial charge is 0.255 e. The van der Waals surface area contributed by atoms with E-state index in [4.69, 9.17) is 0 Å². The van der Waals surface area contributed by atoms with Crippen LogP contribution >= 0.6 is 0 Å². The van der Waals surface area contributed by atoms with Crippen LogP contribution in [0.15, 0.2) is 73.4 Å². The number of nitrogens with one attached hydrogen (secondary N) is 2. The van der Waals surface area contributed by atoms with E-state index in [-0.39, 0.29) is 5.91 Å². The van der Waals surface area contributed by atoms with Gasteiger partial charge in [0.1, 0.15) is 6.33 Å². The molecule has 0 bridgehead atoms. The molecule has 2 N–H and O–H groups in total. The normalized spacial score (nSPS) is 10.6. The molecule has 0 spiro atoms. The van der Waals surface area contributed by atoms with E-state index in [2.05, 4.69) is 37.5 Å². The maximum atomic E-state index is 12.7. The van der Waals surface area contributed by atoms with Crippen LogP contribution in [0.25, 0.3) is 11.3 Å². The molecule has 0 saturated heterocycles. The van der Waals surface area contributed by atoms with E-state index in [1.54, 1.807) is 24.7 Å². The summed E-state index contributed by atoms with van der Waals surface area (Å²) in [6.07, 6.45) is 8.66. The number of anilines is 3. The van der Waals surface area contributed by atoms with E-state index in [0.717, 1.165) is 35.3 Å². The summed E-state index contributed by atoms with van der Waals surface area (Å²) in [4.78, 5) is 29.6. The molecule has 2 aromatic carbocycles. The quantitative estimate of drug-likeness (QED) is 0.424. The summed E-state index contributed by atoms with van der Waals surface area (Å²) < 4.78 is 0. The Labute approximate surface area is 187 Å². The molecule has 0 atom stereocenters. The molecule has 32 heavy (non-hydrogen) atoms. The van der Waals surface area contributed by atoms with Crippen LogP contribution in [0.2, 0.25) is 0 Å². The lowest BCUT2D eigenvalue weighted by atomic mass is 10.1. The minimum atomic E-state index is -0.148. The van der Waals surface area contributed by atoms with Gasteiger partial charge in [0, 0.05) is 41.1 Å². The Morgan fingerprint density at radius 3 is 2.53 bits per heavy atom. The van der Waals surface area contributed by atoms with Crippen molar-refractivity contribution in [1.82, 2.24) is 19.9 Å². The molecule has 7 nitrogen and oxygen atoms in total. The van der Waals surface area contributed by atoms with Gasteiger partial charge in [0.25, 0.3) is 5.91 Å². The topological polar surface area (TPSA) is 92.7 Å². The molecule has 4 rings (SSSR count). The van der Waals surface area contributed by atoms with E-state index < -0.39 is 0 Å². The Hall–Kier alpha value is -4.13. The summed E-state index contributed by atoms with van der Waals surface area (Å²) in [5.74, 6) is 0.301. The summed E-state index contributed by atoms with van der Waals surface area (Å²) in [6.45, 7) is 4.12. The zero-order chi connectivity index (χ0) is 22.3. The molecule has 2 heterocycles. The zero-order valence-corrected chi connectivity index (χ0v) is 18.0. The van der Waals surface area contributed by atoms with Gasteiger partial charge in [0.05, 0.1) is 5.69 Å². The molecular formula is C25H24N6O. The lowest BCUT2D eigenvalue weighted by molar-refractivity contribution is 0.102. The largest absolute Gasteiger partial charge is 0.324 e. The van der Waals surface area contributed by atoms with Crippen molar-refractivity contribution in [3.8, 4) is 11.3 Å². The second kappa shape index (κ2) is 9.78. The van der Waals surface area contributed by atoms with Crippen molar-refractivity contribution in [3.63, 3.8) is 0 Å². The van der Waals surface area contributed by atoms with Gasteiger partial charge in [-0.3, -0.25) is 4.79 Å². The first-order valence-electron chi connectivity index (χ1n) is 10.5. The van der Waals surface area contributed by atoms with Crippen LogP contribution in [0.1, 0.15) is 34.8 Å². The van der Waals surface area contributed by atoms with Gasteiger partial charge in [-0.25, -0.2) is 19.9 Å². The van der Waals surface area contributed by atoms with Crippen LogP contribution in [0.3, 0.4) is 0 Å². The monoisotopic (exact) mass is 424 g/mol. The highest BCUT2D eigenvalue weighted by molar-refractivity contribution is 6.04. The molecule has 2 aromatic heterocycles. The molecule has 160 valence electrons. The zero-order valence-electron chi connectivity index (χ0n) is 18.0. The van der Waals surface area contributed by atoms with Crippen LogP contribution in [-0.4, -0.2) is 25.8 Å². The van der Waals surface area contributed by atoms with E-state index in [1.807, 2.05) is 49.4 Å². The first-order chi connectivity index (χ1) is 15.6. The predicted octanol–water partition coefficient (Wildman–Crippen LogP) is 5.19.